The Labute approximate surface area is 76.0 Å². The lowest BCUT2D eigenvalue weighted by Crippen LogP contribution is -2.25. The second-order valence-corrected chi connectivity index (χ2v) is 3.81. The zero-order chi connectivity index (χ0) is 9.14. The quantitative estimate of drug-likeness (QED) is 0.589. The summed E-state index contributed by atoms with van der Waals surface area (Å²) in [5, 5.41) is 0. The summed E-state index contributed by atoms with van der Waals surface area (Å²) in [7, 11) is 7.40. The van der Waals surface area contributed by atoms with Gasteiger partial charge in [-0.15, -0.1) is 0 Å². The van der Waals surface area contributed by atoms with Gasteiger partial charge in [0.2, 0.25) is 0 Å². The first-order valence-corrected chi connectivity index (χ1v) is 4.55. The molecule has 2 radical (unpaired) electrons. The fourth-order valence-electron chi connectivity index (χ4n) is 1.83. The number of rotatable bonds is 3. The van der Waals surface area contributed by atoms with E-state index >= 15 is 0 Å². The molecule has 3 heteroatoms. The zero-order valence-electron chi connectivity index (χ0n) is 8.12. The van der Waals surface area contributed by atoms with Crippen molar-refractivity contribution in [3.8, 4) is 0 Å². The topological polar surface area (TPSA) is 18.5 Å². The van der Waals surface area contributed by atoms with Crippen LogP contribution in [0.5, 0.6) is 0 Å². The van der Waals surface area contributed by atoms with Crippen LogP contribution < -0.4 is 0 Å². The molecule has 1 saturated heterocycles. The van der Waals surface area contributed by atoms with Crippen LogP contribution in [0.3, 0.4) is 0 Å². The normalized spacial score (nSPS) is 36.2. The Morgan fingerprint density at radius 2 is 2.25 bits per heavy atom. The van der Waals surface area contributed by atoms with Gasteiger partial charge in [0.05, 0.1) is 12.7 Å². The molecule has 0 aromatic rings. The first-order chi connectivity index (χ1) is 5.65. The minimum atomic E-state index is -0.0856. The molecule has 1 aliphatic rings. The van der Waals surface area contributed by atoms with Gasteiger partial charge < -0.3 is 9.47 Å². The first-order valence-electron chi connectivity index (χ1n) is 4.55. The standard InChI is InChI=1S/C9H17BO2/c1-6(2)7-4-9(10)12-8(7)5-11-3/h6-9H,4-5H2,1-3H3/t7?,8-,9-/m1/s1. The third-order valence-electron chi connectivity index (χ3n) is 2.52. The molecule has 1 unspecified atom stereocenters. The van der Waals surface area contributed by atoms with Crippen LogP contribution in [0.2, 0.25) is 0 Å². The molecule has 0 aromatic carbocycles. The van der Waals surface area contributed by atoms with E-state index < -0.39 is 0 Å². The maximum Gasteiger partial charge on any atom is 0.109 e. The van der Waals surface area contributed by atoms with Crippen molar-refractivity contribution in [3.63, 3.8) is 0 Å². The summed E-state index contributed by atoms with van der Waals surface area (Å²) in [5.74, 6) is 1.18. The van der Waals surface area contributed by atoms with Crippen molar-refractivity contribution in [2.24, 2.45) is 11.8 Å². The lowest BCUT2D eigenvalue weighted by molar-refractivity contribution is 0.00253. The van der Waals surface area contributed by atoms with Gasteiger partial charge in [0.15, 0.2) is 0 Å². The number of hydrogen-bond donors (Lipinski definition) is 0. The third kappa shape index (κ3) is 2.24. The molecule has 12 heavy (non-hydrogen) atoms. The van der Waals surface area contributed by atoms with Crippen molar-refractivity contribution >= 4 is 7.85 Å². The monoisotopic (exact) mass is 168 g/mol. The summed E-state index contributed by atoms with van der Waals surface area (Å²) in [5.41, 5.74) is 0. The van der Waals surface area contributed by atoms with Crippen molar-refractivity contribution in [1.82, 2.24) is 0 Å². The molecule has 0 saturated carbocycles. The molecule has 0 spiro atoms. The van der Waals surface area contributed by atoms with E-state index in [2.05, 4.69) is 13.8 Å². The minimum Gasteiger partial charge on any atom is -0.382 e. The highest BCUT2D eigenvalue weighted by atomic mass is 16.5. The first kappa shape index (κ1) is 10.1. The van der Waals surface area contributed by atoms with Gasteiger partial charge in [0.25, 0.3) is 0 Å². The maximum absolute atomic E-state index is 5.71. The van der Waals surface area contributed by atoms with E-state index in [9.17, 15) is 0 Å². The van der Waals surface area contributed by atoms with Crippen LogP contribution in [0, 0.1) is 11.8 Å². The van der Waals surface area contributed by atoms with Crippen LogP contribution in [0.25, 0.3) is 0 Å². The van der Waals surface area contributed by atoms with Crippen molar-refractivity contribution in [2.45, 2.75) is 32.4 Å². The molecular weight excluding hydrogens is 151 g/mol. The molecule has 1 fully saturated rings. The second kappa shape index (κ2) is 4.29. The van der Waals surface area contributed by atoms with Gasteiger partial charge in [0.1, 0.15) is 7.85 Å². The molecule has 3 atom stereocenters. The zero-order valence-corrected chi connectivity index (χ0v) is 8.12. The Morgan fingerprint density at radius 1 is 1.58 bits per heavy atom. The van der Waals surface area contributed by atoms with Gasteiger partial charge in [-0.05, 0) is 18.3 Å². The molecule has 0 bridgehead atoms. The van der Waals surface area contributed by atoms with Crippen LogP contribution in [0.15, 0.2) is 0 Å². The minimum absolute atomic E-state index is 0.0856. The average Bonchev–Trinajstić information content (AvgIpc) is 2.32. The Bertz CT molecular complexity index is 138. The lowest BCUT2D eigenvalue weighted by Gasteiger charge is -2.20. The molecule has 1 aliphatic heterocycles. The summed E-state index contributed by atoms with van der Waals surface area (Å²) in [4.78, 5) is 0. The van der Waals surface area contributed by atoms with Gasteiger partial charge in [-0.3, -0.25) is 0 Å². The maximum atomic E-state index is 5.71. The number of hydrogen-bond acceptors (Lipinski definition) is 2. The lowest BCUT2D eigenvalue weighted by atomic mass is 9.84. The Balaban J connectivity index is 2.47. The van der Waals surface area contributed by atoms with E-state index in [1.807, 2.05) is 0 Å². The van der Waals surface area contributed by atoms with Crippen LogP contribution in [-0.2, 0) is 9.47 Å². The van der Waals surface area contributed by atoms with Crippen LogP contribution >= 0.6 is 0 Å². The highest BCUT2D eigenvalue weighted by Crippen LogP contribution is 2.31. The largest absolute Gasteiger partial charge is 0.382 e. The van der Waals surface area contributed by atoms with Crippen LogP contribution in [0.1, 0.15) is 20.3 Å². The molecular formula is C9H17BO2. The summed E-state index contributed by atoms with van der Waals surface area (Å²) >= 11 is 0. The number of methoxy groups -OCH3 is 1. The Hall–Kier alpha value is -0.0151. The van der Waals surface area contributed by atoms with Gasteiger partial charge in [-0.1, -0.05) is 13.8 Å². The Morgan fingerprint density at radius 3 is 2.75 bits per heavy atom. The number of ether oxygens (including phenoxy) is 2. The van der Waals surface area contributed by atoms with Crippen molar-refractivity contribution < 1.29 is 9.47 Å². The van der Waals surface area contributed by atoms with E-state index in [0.29, 0.717) is 18.4 Å². The molecule has 0 aliphatic carbocycles. The predicted molar refractivity (Wildman–Crippen MR) is 49.2 cm³/mol. The summed E-state index contributed by atoms with van der Waals surface area (Å²) < 4.78 is 10.6. The fraction of sp³-hybridized carbons (Fsp3) is 1.00. The van der Waals surface area contributed by atoms with E-state index in [0.717, 1.165) is 6.42 Å². The van der Waals surface area contributed by atoms with Crippen LogP contribution in [0.4, 0.5) is 0 Å². The molecule has 1 rings (SSSR count). The van der Waals surface area contributed by atoms with Gasteiger partial charge in [0, 0.05) is 13.1 Å². The average molecular weight is 168 g/mol. The van der Waals surface area contributed by atoms with Gasteiger partial charge in [-0.25, -0.2) is 0 Å². The van der Waals surface area contributed by atoms with E-state index in [1.165, 1.54) is 0 Å². The molecule has 0 N–H and O–H groups in total. The highest BCUT2D eigenvalue weighted by Gasteiger charge is 2.34. The van der Waals surface area contributed by atoms with Gasteiger partial charge in [-0.2, -0.15) is 0 Å². The molecule has 0 amide bonds. The SMILES string of the molecule is [B][C@H]1CC(C(C)C)[C@@H](COC)O1. The van der Waals surface area contributed by atoms with Crippen molar-refractivity contribution in [3.05, 3.63) is 0 Å². The smallest absolute Gasteiger partial charge is 0.109 e. The van der Waals surface area contributed by atoms with E-state index in [1.54, 1.807) is 7.11 Å². The van der Waals surface area contributed by atoms with Crippen molar-refractivity contribution in [2.75, 3.05) is 13.7 Å². The Kier molecular flexibility index (Phi) is 3.60. The summed E-state index contributed by atoms with van der Waals surface area (Å²) in [6.45, 7) is 5.07. The van der Waals surface area contributed by atoms with E-state index in [4.69, 9.17) is 17.3 Å². The van der Waals surface area contributed by atoms with Crippen LogP contribution in [-0.4, -0.2) is 33.7 Å². The summed E-state index contributed by atoms with van der Waals surface area (Å²) in [6, 6.07) is -0.0856. The molecule has 0 aromatic heterocycles. The third-order valence-corrected chi connectivity index (χ3v) is 2.52. The predicted octanol–water partition coefficient (Wildman–Crippen LogP) is 1.19. The molecule has 68 valence electrons. The van der Waals surface area contributed by atoms with E-state index in [-0.39, 0.29) is 12.1 Å². The second-order valence-electron chi connectivity index (χ2n) is 3.81. The molecule has 2 nitrogen and oxygen atoms in total. The highest BCUT2D eigenvalue weighted by molar-refractivity contribution is 6.11. The van der Waals surface area contributed by atoms with Gasteiger partial charge >= 0.3 is 0 Å². The fourth-order valence-corrected chi connectivity index (χ4v) is 1.83. The molecule has 1 heterocycles. The van der Waals surface area contributed by atoms with Crippen molar-refractivity contribution in [1.29, 1.82) is 0 Å². The summed E-state index contributed by atoms with van der Waals surface area (Å²) in [6.07, 6.45) is 1.16.